The normalized spacial score (nSPS) is 33.2. The molecule has 494 valence electrons. The zero-order valence-electron chi connectivity index (χ0n) is 54.8. The highest BCUT2D eigenvalue weighted by Gasteiger charge is 2.55. The molecule has 0 bridgehead atoms. The Bertz CT molecular complexity index is 3030. The van der Waals surface area contributed by atoms with Gasteiger partial charge in [-0.25, -0.2) is 9.59 Å². The predicted molar refractivity (Wildman–Crippen MR) is 340 cm³/mol. The van der Waals surface area contributed by atoms with Crippen molar-refractivity contribution in [2.45, 2.75) is 198 Å². The van der Waals surface area contributed by atoms with E-state index in [4.69, 9.17) is 57.4 Å². The fraction of sp³-hybridized carbons (Fsp3) is 0.528. The molecule has 91 heavy (non-hydrogen) atoms. The molecule has 3 fully saturated rings. The van der Waals surface area contributed by atoms with Gasteiger partial charge in [-0.05, 0) is 71.9 Å². The standard InChI is InChI=1S/C72H94N2O17/c1-14-57-71(10,80)64(81-12)47(4)59(73-91-72(53-34-24-17-25-35-53,54-36-26-18-27-37-54)55-38-28-19-29-39-55)45(2)41-69(8,79)63(48(5)60(49(6)65(76)87-57)88-58-42-70(9,82-13)62(75)50(7)86-58)90-66-61(89-68(78)84-44-52-32-22-16-23-33-52)56(40-46(3)85-66)74(11)67(77)83-43-51-30-20-15-21-31-51/h15-39,45-50,56-58,60-64,66,75,79-80H,14,40-44H2,1-13H3/b73-59+/t45-,46-,47+,48+,49-,50+,56+,57-,58+,60+,61-,62+,63-,64-,66+,69-,70-,71-/m1/s1. The molecule has 3 aliphatic heterocycles. The van der Waals surface area contributed by atoms with Gasteiger partial charge in [0.05, 0.1) is 59.4 Å². The van der Waals surface area contributed by atoms with Gasteiger partial charge in [-0.2, -0.15) is 0 Å². The Hall–Kier alpha value is -6.78. The topological polar surface area (TPSA) is 229 Å². The van der Waals surface area contributed by atoms with Gasteiger partial charge in [0.1, 0.15) is 31.0 Å². The van der Waals surface area contributed by atoms with Crippen molar-refractivity contribution in [1.82, 2.24) is 4.90 Å². The van der Waals surface area contributed by atoms with Crippen LogP contribution in [-0.2, 0) is 75.8 Å². The molecular formula is C72H94N2O17. The van der Waals surface area contributed by atoms with E-state index in [0.717, 1.165) is 22.3 Å². The highest BCUT2D eigenvalue weighted by Crippen LogP contribution is 2.45. The van der Waals surface area contributed by atoms with Crippen molar-refractivity contribution in [3.63, 3.8) is 0 Å². The Balaban J connectivity index is 1.29. The number of esters is 1. The summed E-state index contributed by atoms with van der Waals surface area (Å²) in [5, 5.41) is 43.6. The van der Waals surface area contributed by atoms with Crippen molar-refractivity contribution in [3.05, 3.63) is 179 Å². The zero-order chi connectivity index (χ0) is 65.8. The number of methoxy groups -OCH3 is 2. The van der Waals surface area contributed by atoms with Crippen LogP contribution in [0.5, 0.6) is 0 Å². The number of carbonyl (C=O) groups is 3. The average molecular weight is 1260 g/mol. The second kappa shape index (κ2) is 30.8. The van der Waals surface area contributed by atoms with E-state index in [1.54, 1.807) is 67.5 Å². The van der Waals surface area contributed by atoms with Crippen molar-refractivity contribution in [2.24, 2.45) is 28.8 Å². The summed E-state index contributed by atoms with van der Waals surface area (Å²) >= 11 is 0. The first-order chi connectivity index (χ1) is 43.4. The Morgan fingerprint density at radius 1 is 0.681 bits per heavy atom. The summed E-state index contributed by atoms with van der Waals surface area (Å²) in [5.74, 6) is -4.63. The molecular weight excluding hydrogens is 1160 g/mol. The van der Waals surface area contributed by atoms with Crippen LogP contribution in [0.4, 0.5) is 9.59 Å². The lowest BCUT2D eigenvalue weighted by Crippen LogP contribution is -2.62. The van der Waals surface area contributed by atoms with Crippen LogP contribution in [0.1, 0.15) is 123 Å². The second-order valence-corrected chi connectivity index (χ2v) is 25.5. The van der Waals surface area contributed by atoms with E-state index in [-0.39, 0.29) is 38.9 Å². The number of aliphatic hydroxyl groups is 3. The molecule has 0 saturated carbocycles. The zero-order valence-corrected chi connectivity index (χ0v) is 54.8. The number of carbonyl (C=O) groups excluding carboxylic acids is 3. The third-order valence-electron chi connectivity index (χ3n) is 18.6. The smallest absolute Gasteiger partial charge is 0.459 e. The van der Waals surface area contributed by atoms with Crippen molar-refractivity contribution in [1.29, 1.82) is 0 Å². The molecule has 18 atom stereocenters. The van der Waals surface area contributed by atoms with Gasteiger partial charge < -0.3 is 72.4 Å². The molecule has 19 heteroatoms. The van der Waals surface area contributed by atoms with Crippen LogP contribution in [0.25, 0.3) is 0 Å². The van der Waals surface area contributed by atoms with Gasteiger partial charge in [0, 0.05) is 62.1 Å². The molecule has 0 radical (unpaired) electrons. The monoisotopic (exact) mass is 1260 g/mol. The van der Waals surface area contributed by atoms with Gasteiger partial charge in [-0.15, -0.1) is 0 Å². The van der Waals surface area contributed by atoms with E-state index in [1.165, 1.54) is 26.2 Å². The fourth-order valence-corrected chi connectivity index (χ4v) is 13.6. The Labute approximate surface area is 536 Å². The SMILES string of the molecule is CC[C@H]1OC(=O)[C@H](C)[C@@H](O[C@H]2C[C@@](C)(OC)[C@@H](O)[C@H](C)O2)[C@H](C)[C@@H](O[C@@H]2O[C@H](C)C[C@H](N(C)C(=O)OCc3ccccc3)[C@H]2OC(=O)OCc2ccccc2)[C@](C)(O)C[C@@H](C)/C(=N\OC(c2ccccc2)(c2ccccc2)c2ccccc2)[C@H](C)[C@@H](OC)[C@]1(C)O. The minimum absolute atomic E-state index is 0.00749. The molecule has 3 aliphatic rings. The fourth-order valence-electron chi connectivity index (χ4n) is 13.6. The number of likely N-dealkylation sites (N-methyl/N-ethyl adjacent to an activating group) is 1. The van der Waals surface area contributed by atoms with Crippen LogP contribution in [0, 0.1) is 23.7 Å². The van der Waals surface area contributed by atoms with E-state index < -0.39 is 132 Å². The minimum atomic E-state index is -2.02. The predicted octanol–water partition coefficient (Wildman–Crippen LogP) is 11.3. The largest absolute Gasteiger partial charge is 0.509 e. The highest BCUT2D eigenvalue weighted by atomic mass is 16.8. The van der Waals surface area contributed by atoms with Gasteiger partial charge in [-0.3, -0.25) is 4.79 Å². The van der Waals surface area contributed by atoms with Crippen molar-refractivity contribution in [2.75, 3.05) is 21.3 Å². The maximum Gasteiger partial charge on any atom is 0.509 e. The Morgan fingerprint density at radius 3 is 1.70 bits per heavy atom. The highest BCUT2D eigenvalue weighted by molar-refractivity contribution is 5.89. The van der Waals surface area contributed by atoms with Crippen LogP contribution in [0.2, 0.25) is 0 Å². The summed E-state index contributed by atoms with van der Waals surface area (Å²) < 4.78 is 64.0. The first kappa shape index (κ1) is 70.1. The van der Waals surface area contributed by atoms with Gasteiger partial charge in [-0.1, -0.05) is 185 Å². The number of rotatable bonds is 18. The molecule has 5 aromatic carbocycles. The van der Waals surface area contributed by atoms with E-state index in [2.05, 4.69) is 0 Å². The van der Waals surface area contributed by atoms with Gasteiger partial charge >= 0.3 is 18.2 Å². The lowest BCUT2D eigenvalue weighted by Gasteiger charge is -2.49. The van der Waals surface area contributed by atoms with Gasteiger partial charge in [0.25, 0.3) is 0 Å². The van der Waals surface area contributed by atoms with Crippen LogP contribution in [0.3, 0.4) is 0 Å². The van der Waals surface area contributed by atoms with E-state index in [0.29, 0.717) is 11.3 Å². The van der Waals surface area contributed by atoms with Crippen LogP contribution in [0.15, 0.2) is 157 Å². The van der Waals surface area contributed by atoms with Crippen molar-refractivity contribution < 1.29 is 81.9 Å². The summed E-state index contributed by atoms with van der Waals surface area (Å²) in [5.41, 5.74) is -2.39. The van der Waals surface area contributed by atoms with Crippen molar-refractivity contribution >= 4 is 23.9 Å². The maximum atomic E-state index is 15.3. The van der Waals surface area contributed by atoms with Crippen LogP contribution in [-0.4, -0.2) is 150 Å². The summed E-state index contributed by atoms with van der Waals surface area (Å²) in [4.78, 5) is 52.3. The molecule has 0 aliphatic carbocycles. The number of cyclic esters (lactones) is 1. The molecule has 5 aromatic rings. The Kier molecular flexibility index (Phi) is 23.7. The van der Waals surface area contributed by atoms with E-state index in [9.17, 15) is 24.9 Å². The minimum Gasteiger partial charge on any atom is -0.459 e. The molecule has 0 aromatic heterocycles. The van der Waals surface area contributed by atoms with Crippen LogP contribution >= 0.6 is 0 Å². The van der Waals surface area contributed by atoms with Gasteiger partial charge in [0.15, 0.2) is 18.7 Å². The molecule has 3 heterocycles. The molecule has 0 unspecified atom stereocenters. The first-order valence-electron chi connectivity index (χ1n) is 31.6. The molecule has 0 spiro atoms. The third kappa shape index (κ3) is 16.2. The number of oxime groups is 1. The summed E-state index contributed by atoms with van der Waals surface area (Å²) in [7, 11) is 4.49. The summed E-state index contributed by atoms with van der Waals surface area (Å²) in [6, 6.07) is 46.4. The maximum absolute atomic E-state index is 15.3. The van der Waals surface area contributed by atoms with Gasteiger partial charge in [0.2, 0.25) is 5.60 Å². The average Bonchev–Trinajstić information content (AvgIpc) is 0.883. The Morgan fingerprint density at radius 2 is 1.20 bits per heavy atom. The lowest BCUT2D eigenvalue weighted by molar-refractivity contribution is -0.318. The number of hydrogen-bond donors (Lipinski definition) is 3. The quantitative estimate of drug-likeness (QED) is 0.0321. The summed E-state index contributed by atoms with van der Waals surface area (Å²) in [6.07, 6.45) is -13.4. The second-order valence-electron chi connectivity index (χ2n) is 25.5. The number of benzene rings is 5. The lowest BCUT2D eigenvalue weighted by atomic mass is 9.73. The molecule has 19 nitrogen and oxygen atoms in total. The third-order valence-corrected chi connectivity index (χ3v) is 18.6. The number of hydrogen-bond acceptors (Lipinski definition) is 18. The summed E-state index contributed by atoms with van der Waals surface area (Å²) in [6.45, 7) is 17.1. The number of amides is 1. The first-order valence-corrected chi connectivity index (χ1v) is 31.6. The molecule has 8 rings (SSSR count). The molecule has 3 N–H and O–H groups in total. The van der Waals surface area contributed by atoms with E-state index >= 15 is 4.79 Å². The van der Waals surface area contributed by atoms with Crippen LogP contribution < -0.4 is 0 Å². The number of aliphatic hydroxyl groups excluding tert-OH is 1. The molecule has 1 amide bonds. The van der Waals surface area contributed by atoms with Crippen molar-refractivity contribution in [3.8, 4) is 0 Å². The number of nitrogens with zero attached hydrogens (tertiary/aromatic N) is 2. The number of ether oxygens (including phenoxy) is 10. The molecule has 3 saturated heterocycles. The van der Waals surface area contributed by atoms with E-state index in [1.807, 2.05) is 153 Å².